The van der Waals surface area contributed by atoms with Crippen molar-refractivity contribution >= 4 is 28.6 Å². The van der Waals surface area contributed by atoms with Gasteiger partial charge in [-0.2, -0.15) is 5.26 Å². The monoisotopic (exact) mass is 339 g/mol. The maximum atomic E-state index is 13.1. The van der Waals surface area contributed by atoms with Gasteiger partial charge in [-0.1, -0.05) is 42.5 Å². The van der Waals surface area contributed by atoms with E-state index in [1.807, 2.05) is 36.4 Å². The molecule has 1 aliphatic rings. The molecule has 3 aromatic carbocycles. The van der Waals surface area contributed by atoms with Crippen molar-refractivity contribution in [3.63, 3.8) is 0 Å². The number of carbonyl (C=O) groups is 2. The predicted octanol–water partition coefficient (Wildman–Crippen LogP) is 3.66. The number of anilines is 3. The summed E-state index contributed by atoms with van der Waals surface area (Å²) >= 11 is 0. The molecule has 0 bridgehead atoms. The summed E-state index contributed by atoms with van der Waals surface area (Å²) in [5.74, 6) is -0.634. The number of ketones is 2. The maximum Gasteiger partial charge on any atom is 0.196 e. The number of fused-ring (bicyclic) bond motifs is 2. The lowest BCUT2D eigenvalue weighted by Gasteiger charge is -2.23. The fourth-order valence-electron chi connectivity index (χ4n) is 3.19. The number of para-hydroxylation sites is 1. The normalized spacial score (nSPS) is 12.1. The van der Waals surface area contributed by atoms with Gasteiger partial charge in [-0.25, -0.2) is 0 Å². The highest BCUT2D eigenvalue weighted by Crippen LogP contribution is 2.38. The molecule has 3 N–H and O–H groups in total. The minimum absolute atomic E-state index is 0.0361. The molecule has 0 aromatic heterocycles. The Morgan fingerprint density at radius 1 is 0.846 bits per heavy atom. The minimum Gasteiger partial charge on any atom is -0.397 e. The molecule has 124 valence electrons. The van der Waals surface area contributed by atoms with Gasteiger partial charge in [0.1, 0.15) is 6.07 Å². The molecule has 0 saturated heterocycles. The summed E-state index contributed by atoms with van der Waals surface area (Å²) in [4.78, 5) is 26.1. The standard InChI is InChI=1S/C21H13N3O2/c22-11-12-10-16(24-13-6-2-1-3-7-13)17-18(19(12)23)21(26)15-9-5-4-8-14(15)20(17)25/h1-10,24H,23H2. The molecular formula is C21H13N3O2. The van der Waals surface area contributed by atoms with E-state index in [1.165, 1.54) is 6.07 Å². The Morgan fingerprint density at radius 2 is 1.42 bits per heavy atom. The lowest BCUT2D eigenvalue weighted by molar-refractivity contribution is 0.0980. The van der Waals surface area contributed by atoms with Crippen molar-refractivity contribution in [3.8, 4) is 6.07 Å². The van der Waals surface area contributed by atoms with Crippen LogP contribution in [0.4, 0.5) is 17.1 Å². The van der Waals surface area contributed by atoms with E-state index in [0.717, 1.165) is 5.69 Å². The molecule has 0 unspecified atom stereocenters. The van der Waals surface area contributed by atoms with E-state index in [9.17, 15) is 14.9 Å². The lowest BCUT2D eigenvalue weighted by Crippen LogP contribution is -2.24. The van der Waals surface area contributed by atoms with Gasteiger partial charge in [-0.15, -0.1) is 0 Å². The average molecular weight is 339 g/mol. The second-order valence-corrected chi connectivity index (χ2v) is 5.94. The zero-order valence-corrected chi connectivity index (χ0v) is 13.6. The van der Waals surface area contributed by atoms with E-state index in [1.54, 1.807) is 24.3 Å². The molecule has 0 heterocycles. The summed E-state index contributed by atoms with van der Waals surface area (Å²) in [5, 5.41) is 12.5. The second kappa shape index (κ2) is 5.87. The fourth-order valence-corrected chi connectivity index (χ4v) is 3.19. The van der Waals surface area contributed by atoms with Crippen LogP contribution in [0.3, 0.4) is 0 Å². The van der Waals surface area contributed by atoms with E-state index in [-0.39, 0.29) is 33.9 Å². The molecule has 0 atom stereocenters. The first-order chi connectivity index (χ1) is 12.6. The first kappa shape index (κ1) is 15.6. The number of nitrogen functional groups attached to an aromatic ring is 1. The predicted molar refractivity (Wildman–Crippen MR) is 98.6 cm³/mol. The summed E-state index contributed by atoms with van der Waals surface area (Å²) in [6.45, 7) is 0. The van der Waals surface area contributed by atoms with Crippen molar-refractivity contribution in [1.82, 2.24) is 0 Å². The lowest BCUT2D eigenvalue weighted by atomic mass is 9.81. The van der Waals surface area contributed by atoms with Crippen molar-refractivity contribution in [2.45, 2.75) is 0 Å². The van der Waals surface area contributed by atoms with Gasteiger partial charge in [0.25, 0.3) is 0 Å². The molecule has 5 heteroatoms. The van der Waals surface area contributed by atoms with Gasteiger partial charge in [0.05, 0.1) is 28.1 Å². The number of benzene rings is 3. The smallest absolute Gasteiger partial charge is 0.196 e. The Kier molecular flexibility index (Phi) is 3.52. The van der Waals surface area contributed by atoms with E-state index in [0.29, 0.717) is 16.8 Å². The van der Waals surface area contributed by atoms with Crippen molar-refractivity contribution in [2.24, 2.45) is 0 Å². The summed E-state index contributed by atoms with van der Waals surface area (Å²) in [6.07, 6.45) is 0. The van der Waals surface area contributed by atoms with Gasteiger partial charge in [-0.3, -0.25) is 9.59 Å². The van der Waals surface area contributed by atoms with Crippen LogP contribution < -0.4 is 11.1 Å². The van der Waals surface area contributed by atoms with Gasteiger partial charge in [0.15, 0.2) is 11.6 Å². The van der Waals surface area contributed by atoms with Crippen LogP contribution in [0.1, 0.15) is 37.4 Å². The minimum atomic E-state index is -0.346. The Bertz CT molecular complexity index is 1110. The molecule has 4 rings (SSSR count). The van der Waals surface area contributed by atoms with Gasteiger partial charge < -0.3 is 11.1 Å². The SMILES string of the molecule is N#Cc1cc(Nc2ccccc2)c2c(c1N)C(=O)c1ccccc1C2=O. The van der Waals surface area contributed by atoms with Crippen molar-refractivity contribution in [3.05, 3.63) is 88.5 Å². The van der Waals surface area contributed by atoms with Crippen LogP contribution >= 0.6 is 0 Å². The summed E-state index contributed by atoms with van der Waals surface area (Å²) in [5.41, 5.74) is 8.32. The number of nitrogens with one attached hydrogen (secondary N) is 1. The van der Waals surface area contributed by atoms with E-state index in [4.69, 9.17) is 5.73 Å². The van der Waals surface area contributed by atoms with E-state index < -0.39 is 0 Å². The molecule has 0 amide bonds. The highest BCUT2D eigenvalue weighted by atomic mass is 16.1. The van der Waals surface area contributed by atoms with Crippen LogP contribution in [0.25, 0.3) is 0 Å². The van der Waals surface area contributed by atoms with Crippen molar-refractivity contribution in [1.29, 1.82) is 5.26 Å². The first-order valence-electron chi connectivity index (χ1n) is 7.99. The van der Waals surface area contributed by atoms with Crippen LogP contribution in [0, 0.1) is 11.3 Å². The van der Waals surface area contributed by atoms with Crippen LogP contribution in [-0.2, 0) is 0 Å². The number of nitrogens with zero attached hydrogens (tertiary/aromatic N) is 1. The Labute approximate surface area is 149 Å². The third-order valence-electron chi connectivity index (χ3n) is 4.41. The van der Waals surface area contributed by atoms with Crippen LogP contribution in [0.5, 0.6) is 0 Å². The van der Waals surface area contributed by atoms with Crippen LogP contribution in [-0.4, -0.2) is 11.6 Å². The number of nitrogens with two attached hydrogens (primary N) is 1. The number of nitriles is 1. The van der Waals surface area contributed by atoms with Crippen molar-refractivity contribution in [2.75, 3.05) is 11.1 Å². The van der Waals surface area contributed by atoms with Crippen LogP contribution in [0.2, 0.25) is 0 Å². The molecule has 0 saturated carbocycles. The number of rotatable bonds is 2. The zero-order valence-electron chi connectivity index (χ0n) is 13.6. The van der Waals surface area contributed by atoms with E-state index >= 15 is 0 Å². The average Bonchev–Trinajstić information content (AvgIpc) is 2.68. The molecule has 0 fully saturated rings. The van der Waals surface area contributed by atoms with Gasteiger partial charge in [0.2, 0.25) is 0 Å². The van der Waals surface area contributed by atoms with Crippen molar-refractivity contribution < 1.29 is 9.59 Å². The third kappa shape index (κ3) is 2.25. The highest BCUT2D eigenvalue weighted by Gasteiger charge is 2.34. The molecule has 5 nitrogen and oxygen atoms in total. The Morgan fingerprint density at radius 3 is 2.04 bits per heavy atom. The zero-order chi connectivity index (χ0) is 18.3. The fraction of sp³-hybridized carbons (Fsp3) is 0. The molecular weight excluding hydrogens is 326 g/mol. The maximum absolute atomic E-state index is 13.1. The number of carbonyl (C=O) groups excluding carboxylic acids is 2. The molecule has 0 radical (unpaired) electrons. The van der Waals surface area contributed by atoms with E-state index in [2.05, 4.69) is 5.32 Å². The van der Waals surface area contributed by atoms with Crippen LogP contribution in [0.15, 0.2) is 60.7 Å². The van der Waals surface area contributed by atoms with Gasteiger partial charge >= 0.3 is 0 Å². The molecule has 1 aliphatic carbocycles. The molecule has 26 heavy (non-hydrogen) atoms. The summed E-state index contributed by atoms with van der Waals surface area (Å²) in [6, 6.07) is 19.4. The topological polar surface area (TPSA) is 96.0 Å². The first-order valence-corrected chi connectivity index (χ1v) is 7.99. The van der Waals surface area contributed by atoms with Gasteiger partial charge in [0, 0.05) is 16.8 Å². The molecule has 0 aliphatic heterocycles. The molecule has 0 spiro atoms. The summed E-state index contributed by atoms with van der Waals surface area (Å²) in [7, 11) is 0. The Balaban J connectivity index is 1.99. The largest absolute Gasteiger partial charge is 0.397 e. The molecule has 3 aromatic rings. The number of hydrogen-bond acceptors (Lipinski definition) is 5. The quantitative estimate of drug-likeness (QED) is 0.543. The Hall–Kier alpha value is -3.91. The highest BCUT2D eigenvalue weighted by molar-refractivity contribution is 6.32. The van der Waals surface area contributed by atoms with Gasteiger partial charge in [-0.05, 0) is 18.2 Å². The summed E-state index contributed by atoms with van der Waals surface area (Å²) < 4.78 is 0. The number of hydrogen-bond donors (Lipinski definition) is 2. The third-order valence-corrected chi connectivity index (χ3v) is 4.41. The second-order valence-electron chi connectivity index (χ2n) is 5.94.